The van der Waals surface area contributed by atoms with Crippen LogP contribution < -0.4 is 4.74 Å². The first-order valence-corrected chi connectivity index (χ1v) is 16.9. The van der Waals surface area contributed by atoms with Gasteiger partial charge in [-0.05, 0) is 117 Å². The van der Waals surface area contributed by atoms with Crippen molar-refractivity contribution in [3.8, 4) is 44.9 Å². The van der Waals surface area contributed by atoms with E-state index in [1.165, 1.54) is 92.5 Å². The highest BCUT2D eigenvalue weighted by atomic mass is 16.5. The van der Waals surface area contributed by atoms with Gasteiger partial charge in [-0.1, -0.05) is 140 Å². The molecule has 0 aliphatic carbocycles. The first kappa shape index (κ1) is 26.6. The maximum absolute atomic E-state index is 6.62. The molecule has 0 atom stereocenters. The number of benzene rings is 10. The van der Waals surface area contributed by atoms with Gasteiger partial charge in [-0.25, -0.2) is 0 Å². The van der Waals surface area contributed by atoms with Crippen molar-refractivity contribution < 1.29 is 4.74 Å². The number of hydrogen-bond acceptors (Lipinski definition) is 1. The van der Waals surface area contributed by atoms with E-state index in [9.17, 15) is 0 Å². The quantitative estimate of drug-likeness (QED) is 0.138. The SMILES string of the molecule is c1ccc2c(-c3c4cc(-c5ccc6c(c5)-c5cccc7c5c(cc5ccccc57)O6)ccc4cc4c3ccc3ccccc34)cccc2c1. The van der Waals surface area contributed by atoms with Crippen molar-refractivity contribution in [2.24, 2.45) is 0 Å². The summed E-state index contributed by atoms with van der Waals surface area (Å²) in [6, 6.07) is 62.2. The van der Waals surface area contributed by atoms with E-state index in [2.05, 4.69) is 170 Å². The maximum Gasteiger partial charge on any atom is 0.136 e. The second-order valence-electron chi connectivity index (χ2n) is 13.2. The van der Waals surface area contributed by atoms with Crippen LogP contribution in [0.4, 0.5) is 0 Å². The Hall–Kier alpha value is -6.44. The van der Waals surface area contributed by atoms with E-state index < -0.39 is 0 Å². The molecule has 0 unspecified atom stereocenters. The molecule has 1 heteroatoms. The van der Waals surface area contributed by atoms with Crippen LogP contribution in [0.3, 0.4) is 0 Å². The van der Waals surface area contributed by atoms with E-state index in [1.54, 1.807) is 0 Å². The predicted molar refractivity (Wildman–Crippen MR) is 208 cm³/mol. The fourth-order valence-corrected chi connectivity index (χ4v) is 8.34. The summed E-state index contributed by atoms with van der Waals surface area (Å²) in [5.41, 5.74) is 7.25. The Morgan fingerprint density at radius 1 is 0.286 bits per heavy atom. The standard InChI is InChI=1S/C48H28O/c1-4-13-35-29(9-1)12-7-16-38(35)47-41-23-21-30-10-2-5-14-36(30)43(41)27-34-20-19-31(25-42(34)47)32-22-24-45-44(26-32)40-18-8-17-39-37-15-6-3-11-33(37)28-46(49-45)48(39)40/h1-28H. The summed E-state index contributed by atoms with van der Waals surface area (Å²) in [5, 5.41) is 15.0. The fourth-order valence-electron chi connectivity index (χ4n) is 8.34. The minimum atomic E-state index is 0.897. The summed E-state index contributed by atoms with van der Waals surface area (Å²) in [7, 11) is 0. The summed E-state index contributed by atoms with van der Waals surface area (Å²) >= 11 is 0. The number of ether oxygens (including phenoxy) is 1. The van der Waals surface area contributed by atoms with Crippen LogP contribution in [0, 0.1) is 0 Å². The van der Waals surface area contributed by atoms with Gasteiger partial charge in [0.15, 0.2) is 0 Å². The van der Waals surface area contributed by atoms with Crippen LogP contribution in [0.5, 0.6) is 11.5 Å². The Bertz CT molecular complexity index is 3020. The topological polar surface area (TPSA) is 9.23 Å². The first-order valence-electron chi connectivity index (χ1n) is 16.9. The van der Waals surface area contributed by atoms with Crippen molar-refractivity contribution in [2.75, 3.05) is 0 Å². The zero-order valence-corrected chi connectivity index (χ0v) is 26.6. The van der Waals surface area contributed by atoms with Crippen LogP contribution in [-0.2, 0) is 0 Å². The summed E-state index contributed by atoms with van der Waals surface area (Å²) < 4.78 is 6.62. The van der Waals surface area contributed by atoms with E-state index >= 15 is 0 Å². The molecule has 0 bridgehead atoms. The second kappa shape index (κ2) is 10.0. The molecular formula is C48H28O. The van der Waals surface area contributed by atoms with Gasteiger partial charge in [0.05, 0.1) is 0 Å². The van der Waals surface area contributed by atoms with E-state index in [1.807, 2.05) is 0 Å². The molecule has 49 heavy (non-hydrogen) atoms. The van der Waals surface area contributed by atoms with Crippen molar-refractivity contribution in [3.05, 3.63) is 170 Å². The van der Waals surface area contributed by atoms with E-state index in [0.717, 1.165) is 17.1 Å². The Kier molecular flexibility index (Phi) is 5.45. The Morgan fingerprint density at radius 2 is 0.898 bits per heavy atom. The van der Waals surface area contributed by atoms with Crippen molar-refractivity contribution >= 4 is 64.6 Å². The van der Waals surface area contributed by atoms with Gasteiger partial charge in [0.1, 0.15) is 11.5 Å². The summed E-state index contributed by atoms with van der Waals surface area (Å²) in [6.07, 6.45) is 0. The molecule has 0 radical (unpaired) electrons. The maximum atomic E-state index is 6.62. The minimum Gasteiger partial charge on any atom is -0.456 e. The molecule has 0 fully saturated rings. The molecule has 1 aliphatic heterocycles. The molecule has 1 nitrogen and oxygen atoms in total. The van der Waals surface area contributed by atoms with Gasteiger partial charge in [-0.2, -0.15) is 0 Å². The third-order valence-electron chi connectivity index (χ3n) is 10.6. The monoisotopic (exact) mass is 620 g/mol. The van der Waals surface area contributed by atoms with Gasteiger partial charge in [0.25, 0.3) is 0 Å². The Morgan fingerprint density at radius 3 is 1.78 bits per heavy atom. The lowest BCUT2D eigenvalue weighted by molar-refractivity contribution is 0.488. The van der Waals surface area contributed by atoms with Crippen LogP contribution in [0.15, 0.2) is 170 Å². The van der Waals surface area contributed by atoms with E-state index in [-0.39, 0.29) is 0 Å². The molecule has 0 N–H and O–H groups in total. The third-order valence-corrected chi connectivity index (χ3v) is 10.6. The first-order chi connectivity index (χ1) is 24.3. The van der Waals surface area contributed by atoms with Crippen molar-refractivity contribution in [1.29, 1.82) is 0 Å². The largest absolute Gasteiger partial charge is 0.456 e. The number of rotatable bonds is 2. The second-order valence-corrected chi connectivity index (χ2v) is 13.2. The molecule has 1 heterocycles. The van der Waals surface area contributed by atoms with Crippen LogP contribution in [-0.4, -0.2) is 0 Å². The third kappa shape index (κ3) is 3.87. The van der Waals surface area contributed by atoms with E-state index in [0.29, 0.717) is 0 Å². The highest BCUT2D eigenvalue weighted by Crippen LogP contribution is 2.50. The van der Waals surface area contributed by atoms with Gasteiger partial charge in [0.2, 0.25) is 0 Å². The molecule has 226 valence electrons. The van der Waals surface area contributed by atoms with Gasteiger partial charge in [0, 0.05) is 10.9 Å². The van der Waals surface area contributed by atoms with Gasteiger partial charge < -0.3 is 4.74 Å². The summed E-state index contributed by atoms with van der Waals surface area (Å²) in [4.78, 5) is 0. The van der Waals surface area contributed by atoms with Crippen LogP contribution >= 0.6 is 0 Å². The molecule has 1 aliphatic rings. The molecular weight excluding hydrogens is 593 g/mol. The predicted octanol–water partition coefficient (Wildman–Crippen LogP) is 13.7. The molecule has 0 spiro atoms. The molecule has 0 aromatic heterocycles. The fraction of sp³-hybridized carbons (Fsp3) is 0. The summed E-state index contributed by atoms with van der Waals surface area (Å²) in [5.74, 6) is 1.82. The van der Waals surface area contributed by atoms with Crippen molar-refractivity contribution in [3.63, 3.8) is 0 Å². The Balaban J connectivity index is 1.17. The molecule has 0 saturated heterocycles. The summed E-state index contributed by atoms with van der Waals surface area (Å²) in [6.45, 7) is 0. The lowest BCUT2D eigenvalue weighted by atomic mass is 9.86. The van der Waals surface area contributed by atoms with Crippen molar-refractivity contribution in [2.45, 2.75) is 0 Å². The zero-order chi connectivity index (χ0) is 32.1. The van der Waals surface area contributed by atoms with Gasteiger partial charge in [-0.15, -0.1) is 0 Å². The molecule has 0 amide bonds. The molecule has 10 aromatic carbocycles. The van der Waals surface area contributed by atoms with Gasteiger partial charge in [-0.3, -0.25) is 0 Å². The van der Waals surface area contributed by atoms with Crippen LogP contribution in [0.2, 0.25) is 0 Å². The van der Waals surface area contributed by atoms with Crippen LogP contribution in [0.25, 0.3) is 98.0 Å². The molecule has 10 aromatic rings. The lowest BCUT2D eigenvalue weighted by Gasteiger charge is -2.23. The minimum absolute atomic E-state index is 0.897. The normalized spacial score (nSPS) is 12.2. The average Bonchev–Trinajstić information content (AvgIpc) is 3.16. The average molecular weight is 621 g/mol. The van der Waals surface area contributed by atoms with E-state index in [4.69, 9.17) is 4.74 Å². The highest BCUT2D eigenvalue weighted by molar-refractivity contribution is 6.23. The smallest absolute Gasteiger partial charge is 0.136 e. The number of fused-ring (bicyclic) bond motifs is 9. The van der Waals surface area contributed by atoms with Crippen LogP contribution in [0.1, 0.15) is 0 Å². The highest BCUT2D eigenvalue weighted by Gasteiger charge is 2.22. The zero-order valence-electron chi connectivity index (χ0n) is 26.6. The Labute approximate surface area is 283 Å². The van der Waals surface area contributed by atoms with Crippen molar-refractivity contribution in [1.82, 2.24) is 0 Å². The number of hydrogen-bond donors (Lipinski definition) is 0. The lowest BCUT2D eigenvalue weighted by Crippen LogP contribution is -1.98. The molecule has 0 saturated carbocycles. The van der Waals surface area contributed by atoms with Gasteiger partial charge >= 0.3 is 0 Å². The molecule has 11 rings (SSSR count).